The van der Waals surface area contributed by atoms with E-state index in [0.717, 1.165) is 11.1 Å². The fraction of sp³-hybridized carbons (Fsp3) is 0.130. The van der Waals surface area contributed by atoms with E-state index in [1.54, 1.807) is 30.5 Å². The van der Waals surface area contributed by atoms with Gasteiger partial charge in [0.2, 0.25) is 0 Å². The number of ketones is 1. The third kappa shape index (κ3) is 3.39. The second-order valence-electron chi connectivity index (χ2n) is 6.49. The van der Waals surface area contributed by atoms with Crippen molar-refractivity contribution in [2.45, 2.75) is 5.92 Å². The molecule has 4 nitrogen and oxygen atoms in total. The van der Waals surface area contributed by atoms with E-state index in [-0.39, 0.29) is 11.7 Å². The monoisotopic (exact) mass is 391 g/mol. The average Bonchev–Trinajstić information content (AvgIpc) is 3.01. The summed E-state index contributed by atoms with van der Waals surface area (Å²) < 4.78 is 6.03. The van der Waals surface area contributed by atoms with Crippen molar-refractivity contribution in [3.63, 3.8) is 0 Å². The lowest BCUT2D eigenvalue weighted by Gasteiger charge is -2.16. The van der Waals surface area contributed by atoms with Crippen LogP contribution in [0.2, 0.25) is 5.02 Å². The van der Waals surface area contributed by atoms with Crippen LogP contribution in [0.5, 0.6) is 11.5 Å². The first-order chi connectivity index (χ1) is 13.7. The van der Waals surface area contributed by atoms with Crippen molar-refractivity contribution in [1.29, 1.82) is 0 Å². The van der Waals surface area contributed by atoms with Gasteiger partial charge in [-0.25, -0.2) is 0 Å². The lowest BCUT2D eigenvalue weighted by atomic mass is 9.86. The van der Waals surface area contributed by atoms with E-state index in [2.05, 4.69) is 5.16 Å². The van der Waals surface area contributed by atoms with Gasteiger partial charge in [0.05, 0.1) is 17.7 Å². The molecular formula is C23H18ClNO3. The maximum absolute atomic E-state index is 13.3. The van der Waals surface area contributed by atoms with Gasteiger partial charge in [-0.1, -0.05) is 59.2 Å². The highest BCUT2D eigenvalue weighted by atomic mass is 35.5. The Balaban J connectivity index is 1.80. The molecule has 0 spiro atoms. The minimum atomic E-state index is -0.452. The zero-order valence-corrected chi connectivity index (χ0v) is 16.0. The lowest BCUT2D eigenvalue weighted by molar-refractivity contribution is 0.0960. The Bertz CT molecular complexity index is 1020. The summed E-state index contributed by atoms with van der Waals surface area (Å²) in [5.74, 6) is 0.521. The molecule has 5 heteroatoms. The van der Waals surface area contributed by atoms with Gasteiger partial charge in [0, 0.05) is 10.9 Å². The van der Waals surface area contributed by atoms with Gasteiger partial charge in [-0.3, -0.25) is 4.79 Å². The lowest BCUT2D eigenvalue weighted by Crippen LogP contribution is -2.16. The van der Waals surface area contributed by atoms with Crippen LogP contribution in [0.25, 0.3) is 0 Å². The normalized spacial score (nSPS) is 18.3. The molecule has 0 fully saturated rings. The fourth-order valence-corrected chi connectivity index (χ4v) is 3.75. The van der Waals surface area contributed by atoms with E-state index >= 15 is 0 Å². The third-order valence-corrected chi connectivity index (χ3v) is 5.08. The molecule has 0 saturated heterocycles. The van der Waals surface area contributed by atoms with E-state index in [1.165, 1.54) is 7.11 Å². The second kappa shape index (κ2) is 7.87. The summed E-state index contributed by atoms with van der Waals surface area (Å²) in [5, 5.41) is 4.51. The second-order valence-corrected chi connectivity index (χ2v) is 6.93. The molecule has 140 valence electrons. The predicted molar refractivity (Wildman–Crippen MR) is 110 cm³/mol. The molecule has 4 rings (SSSR count). The smallest absolute Gasteiger partial charge is 0.176 e. The van der Waals surface area contributed by atoms with Gasteiger partial charge in [0.1, 0.15) is 18.6 Å². The van der Waals surface area contributed by atoms with Crippen LogP contribution in [-0.4, -0.2) is 19.1 Å². The highest BCUT2D eigenvalue weighted by molar-refractivity contribution is 6.30. The number of hydrogen-bond donors (Lipinski definition) is 0. The van der Waals surface area contributed by atoms with E-state index in [4.69, 9.17) is 21.2 Å². The van der Waals surface area contributed by atoms with Crippen molar-refractivity contribution in [2.24, 2.45) is 11.1 Å². The van der Waals surface area contributed by atoms with Crippen LogP contribution in [0.4, 0.5) is 0 Å². The maximum atomic E-state index is 13.3. The van der Waals surface area contributed by atoms with E-state index in [9.17, 15) is 4.79 Å². The predicted octanol–water partition coefficient (Wildman–Crippen LogP) is 5.71. The molecule has 1 aliphatic carbocycles. The molecule has 0 N–H and O–H groups in total. The Labute approximate surface area is 168 Å². The fourth-order valence-electron chi connectivity index (χ4n) is 3.62. The number of rotatable bonds is 5. The Morgan fingerprint density at radius 3 is 2.43 bits per heavy atom. The Kier molecular flexibility index (Phi) is 5.13. The molecule has 0 radical (unpaired) electrons. The van der Waals surface area contributed by atoms with Gasteiger partial charge >= 0.3 is 0 Å². The van der Waals surface area contributed by atoms with Crippen LogP contribution < -0.4 is 4.74 Å². The molecule has 3 aromatic rings. The van der Waals surface area contributed by atoms with Crippen LogP contribution >= 0.6 is 11.6 Å². The summed E-state index contributed by atoms with van der Waals surface area (Å²) >= 11 is 5.95. The van der Waals surface area contributed by atoms with Crippen LogP contribution in [-0.2, 0) is 4.84 Å². The molecule has 1 aliphatic rings. The summed E-state index contributed by atoms with van der Waals surface area (Å²) in [4.78, 5) is 18.1. The van der Waals surface area contributed by atoms with E-state index < -0.39 is 5.92 Å². The summed E-state index contributed by atoms with van der Waals surface area (Å²) in [6.07, 6.45) is 1.58. The standard InChI is InChI=1S/C23H18ClNO3/c1-27-25-14-19-21(15-6-3-2-4-7-15)18-8-5-9-20(22(18)23(19)26)28-17-12-10-16(24)11-13-17/h2-14,19,21H,1H3/b25-14-/t19-,21-/m0/s1. The number of carbonyl (C=O) groups is 1. The van der Waals surface area contributed by atoms with Crippen LogP contribution in [0.1, 0.15) is 27.4 Å². The van der Waals surface area contributed by atoms with Gasteiger partial charge in [-0.05, 0) is 41.5 Å². The Morgan fingerprint density at radius 2 is 1.71 bits per heavy atom. The topological polar surface area (TPSA) is 47.9 Å². The van der Waals surface area contributed by atoms with Gasteiger partial charge in [-0.2, -0.15) is 0 Å². The molecule has 0 heterocycles. The number of fused-ring (bicyclic) bond motifs is 1. The van der Waals surface area contributed by atoms with Gasteiger partial charge in [-0.15, -0.1) is 0 Å². The maximum Gasteiger partial charge on any atom is 0.176 e. The van der Waals surface area contributed by atoms with Crippen molar-refractivity contribution in [2.75, 3.05) is 7.11 Å². The third-order valence-electron chi connectivity index (χ3n) is 4.83. The van der Waals surface area contributed by atoms with Crippen molar-refractivity contribution < 1.29 is 14.4 Å². The number of halogens is 1. The first-order valence-corrected chi connectivity index (χ1v) is 9.29. The van der Waals surface area contributed by atoms with Crippen molar-refractivity contribution >= 4 is 23.6 Å². The van der Waals surface area contributed by atoms with Crippen LogP contribution in [0.15, 0.2) is 78.0 Å². The van der Waals surface area contributed by atoms with Crippen molar-refractivity contribution in [3.8, 4) is 11.5 Å². The summed E-state index contributed by atoms with van der Waals surface area (Å²) in [6.45, 7) is 0. The quantitative estimate of drug-likeness (QED) is 0.413. The zero-order chi connectivity index (χ0) is 19.5. The first kappa shape index (κ1) is 18.3. The van der Waals surface area contributed by atoms with Gasteiger partial charge in [0.15, 0.2) is 5.78 Å². The number of Topliss-reactive ketones (excluding diaryl/α,β-unsaturated/α-hetero) is 1. The number of ether oxygens (including phenoxy) is 1. The summed E-state index contributed by atoms with van der Waals surface area (Å²) in [7, 11) is 1.47. The molecule has 0 saturated carbocycles. The van der Waals surface area contributed by atoms with Crippen molar-refractivity contribution in [1.82, 2.24) is 0 Å². The first-order valence-electron chi connectivity index (χ1n) is 8.91. The molecule has 0 amide bonds. The highest BCUT2D eigenvalue weighted by Crippen LogP contribution is 2.45. The van der Waals surface area contributed by atoms with Gasteiger partial charge < -0.3 is 9.57 Å². The number of carbonyl (C=O) groups excluding carboxylic acids is 1. The molecule has 0 aliphatic heterocycles. The molecule has 28 heavy (non-hydrogen) atoms. The summed E-state index contributed by atoms with van der Waals surface area (Å²) in [6, 6.07) is 22.7. The number of oxime groups is 1. The SMILES string of the molecule is CO/N=C\[C@@H]1C(=O)c2c(Oc3ccc(Cl)cc3)cccc2[C@@H]1c1ccccc1. The molecule has 3 aromatic carbocycles. The van der Waals surface area contributed by atoms with Crippen LogP contribution in [0.3, 0.4) is 0 Å². The molecular weight excluding hydrogens is 374 g/mol. The van der Waals surface area contributed by atoms with Crippen LogP contribution in [0, 0.1) is 5.92 Å². The summed E-state index contributed by atoms with van der Waals surface area (Å²) in [5.41, 5.74) is 2.56. The van der Waals surface area contributed by atoms with Crippen molar-refractivity contribution in [3.05, 3.63) is 94.5 Å². The van der Waals surface area contributed by atoms with Gasteiger partial charge in [0.25, 0.3) is 0 Å². The highest BCUT2D eigenvalue weighted by Gasteiger charge is 2.42. The molecule has 2 atom stereocenters. The molecule has 0 unspecified atom stereocenters. The largest absolute Gasteiger partial charge is 0.457 e. The van der Waals surface area contributed by atoms with E-state index in [1.807, 2.05) is 48.5 Å². The number of benzene rings is 3. The Morgan fingerprint density at radius 1 is 0.964 bits per heavy atom. The number of hydrogen-bond acceptors (Lipinski definition) is 4. The number of nitrogens with zero attached hydrogens (tertiary/aromatic N) is 1. The Hall–Kier alpha value is -3.11. The minimum Gasteiger partial charge on any atom is -0.457 e. The molecule has 0 bridgehead atoms. The zero-order valence-electron chi connectivity index (χ0n) is 15.2. The minimum absolute atomic E-state index is 0.0331. The molecule has 0 aromatic heterocycles. The average molecular weight is 392 g/mol. The van der Waals surface area contributed by atoms with E-state index in [0.29, 0.717) is 22.1 Å².